The lowest BCUT2D eigenvalue weighted by molar-refractivity contribution is 0.515. The molecule has 0 saturated carbocycles. The second-order valence-corrected chi connectivity index (χ2v) is 9.65. The Morgan fingerprint density at radius 2 is 1.43 bits per heavy atom. The molecule has 0 bridgehead atoms. The number of benzene rings is 2. The summed E-state index contributed by atoms with van der Waals surface area (Å²) in [7, 11) is 0. The zero-order valence-corrected chi connectivity index (χ0v) is 21.5. The van der Waals surface area contributed by atoms with Gasteiger partial charge in [0.05, 0.1) is 12.1 Å². The Hall–Kier alpha value is -2.64. The summed E-state index contributed by atoms with van der Waals surface area (Å²) < 4.78 is 0. The highest BCUT2D eigenvalue weighted by Gasteiger charge is 2.22. The first-order valence-corrected chi connectivity index (χ1v) is 13.0. The van der Waals surface area contributed by atoms with E-state index in [0.717, 1.165) is 77.6 Å². The topological polar surface area (TPSA) is 81.4 Å². The number of halogens is 2. The number of aromatic nitrogens is 4. The second-order valence-electron chi connectivity index (χ2n) is 8.89. The van der Waals surface area contributed by atoms with Crippen molar-refractivity contribution in [1.82, 2.24) is 30.6 Å². The third-order valence-corrected chi connectivity index (χ3v) is 7.13. The minimum atomic E-state index is 0.164. The lowest BCUT2D eigenvalue weighted by Gasteiger charge is -2.12. The zero-order chi connectivity index (χ0) is 24.4. The molecule has 0 unspecified atom stereocenters. The van der Waals surface area contributed by atoms with Crippen LogP contribution in [-0.4, -0.2) is 33.0 Å². The Labute approximate surface area is 215 Å². The molecule has 6 nitrogen and oxygen atoms in total. The Kier molecular flexibility index (Phi) is 7.25. The largest absolute Gasteiger partial charge is 0.331 e. The highest BCUT2D eigenvalue weighted by Crippen LogP contribution is 2.33. The lowest BCUT2D eigenvalue weighted by atomic mass is 10.0. The van der Waals surface area contributed by atoms with Gasteiger partial charge >= 0.3 is 0 Å². The average Bonchev–Trinajstić information content (AvgIpc) is 3.63. The molecule has 0 radical (unpaired) electrons. The number of imidazole rings is 2. The van der Waals surface area contributed by atoms with Crippen molar-refractivity contribution < 1.29 is 0 Å². The van der Waals surface area contributed by atoms with Gasteiger partial charge in [-0.2, -0.15) is 0 Å². The van der Waals surface area contributed by atoms with Crippen molar-refractivity contribution in [1.29, 1.82) is 0 Å². The number of hydrogen-bond acceptors (Lipinski definition) is 4. The van der Waals surface area contributed by atoms with E-state index in [2.05, 4.69) is 83.0 Å². The molecule has 5 rings (SSSR count). The minimum Gasteiger partial charge on any atom is -0.331 e. The van der Waals surface area contributed by atoms with E-state index in [1.54, 1.807) is 0 Å². The molecule has 2 aromatic carbocycles. The molecule has 0 aliphatic carbocycles. The van der Waals surface area contributed by atoms with E-state index >= 15 is 0 Å². The minimum absolute atomic E-state index is 0.164. The molecule has 1 aliphatic heterocycles. The number of nitrogens with zero attached hydrogens (tertiary/aromatic N) is 2. The van der Waals surface area contributed by atoms with Crippen molar-refractivity contribution in [3.05, 3.63) is 70.5 Å². The number of nitrogens with one attached hydrogen (secondary N) is 4. The molecular formula is C27H30Cl2N6. The van der Waals surface area contributed by atoms with Gasteiger partial charge in [0.15, 0.2) is 0 Å². The predicted octanol–water partition coefficient (Wildman–Crippen LogP) is 6.93. The summed E-state index contributed by atoms with van der Waals surface area (Å²) in [4.78, 5) is 16.0. The Bertz CT molecular complexity index is 1270. The summed E-state index contributed by atoms with van der Waals surface area (Å²) >= 11 is 13.0. The maximum Gasteiger partial charge on any atom is 0.134 e. The maximum atomic E-state index is 6.50. The monoisotopic (exact) mass is 508 g/mol. The van der Waals surface area contributed by atoms with Crippen molar-refractivity contribution in [3.8, 4) is 33.6 Å². The van der Waals surface area contributed by atoms with E-state index in [0.29, 0.717) is 10.3 Å². The van der Waals surface area contributed by atoms with E-state index in [4.69, 9.17) is 33.2 Å². The molecular weight excluding hydrogens is 479 g/mol. The number of hydrogen-bond donors (Lipinski definition) is 4. The van der Waals surface area contributed by atoms with Crippen molar-refractivity contribution in [2.45, 2.75) is 45.2 Å². The first kappa shape index (κ1) is 24.1. The van der Waals surface area contributed by atoms with Gasteiger partial charge in [0.25, 0.3) is 0 Å². The van der Waals surface area contributed by atoms with E-state index in [9.17, 15) is 0 Å². The SMILES string of the molecule is CCN[C@@H](CC)c1nc(-c2ccc(-c3ccc(-c4nc([C@@H]5CCCN5)[nH]c4Cl)cc3)cc2)c(Cl)[nH]1. The summed E-state index contributed by atoms with van der Waals surface area (Å²) in [5.74, 6) is 1.79. The maximum absolute atomic E-state index is 6.50. The van der Waals surface area contributed by atoms with Crippen LogP contribution >= 0.6 is 23.2 Å². The summed E-state index contributed by atoms with van der Waals surface area (Å²) in [6.45, 7) is 6.13. The fourth-order valence-corrected chi connectivity index (χ4v) is 5.19. The fourth-order valence-electron chi connectivity index (χ4n) is 4.69. The van der Waals surface area contributed by atoms with E-state index in [1.165, 1.54) is 0 Å². The molecule has 0 amide bonds. The van der Waals surface area contributed by atoms with Crippen LogP contribution in [0.4, 0.5) is 0 Å². The molecule has 8 heteroatoms. The van der Waals surface area contributed by atoms with E-state index in [-0.39, 0.29) is 12.1 Å². The smallest absolute Gasteiger partial charge is 0.134 e. The molecule has 4 aromatic rings. The zero-order valence-electron chi connectivity index (χ0n) is 20.0. The van der Waals surface area contributed by atoms with Gasteiger partial charge in [-0.15, -0.1) is 0 Å². The Morgan fingerprint density at radius 1 is 0.857 bits per heavy atom. The van der Waals surface area contributed by atoms with Gasteiger partial charge < -0.3 is 20.6 Å². The quantitative estimate of drug-likeness (QED) is 0.208. The summed E-state index contributed by atoms with van der Waals surface area (Å²) in [5, 5.41) is 8.05. The standard InChI is InChI=1S/C27H30Cl2N6/c1-3-20(30-4-2)26-32-22(24(28)34-26)18-11-7-16(8-12-18)17-9-13-19(14-10-17)23-25(29)35-27(33-23)21-6-5-15-31-21/h7-14,20-21,30-31H,3-6,15H2,1-2H3,(H,32,34)(H,33,35)/t20-,21-/m0/s1. The fraction of sp³-hybridized carbons (Fsp3) is 0.333. The third-order valence-electron chi connectivity index (χ3n) is 6.59. The number of H-pyrrole nitrogens is 2. The predicted molar refractivity (Wildman–Crippen MR) is 144 cm³/mol. The van der Waals surface area contributed by atoms with Gasteiger partial charge in [0, 0.05) is 11.1 Å². The van der Waals surface area contributed by atoms with Gasteiger partial charge in [-0.1, -0.05) is 85.6 Å². The Balaban J connectivity index is 1.34. The van der Waals surface area contributed by atoms with E-state index in [1.807, 2.05) is 0 Å². The van der Waals surface area contributed by atoms with Crippen LogP contribution in [0.2, 0.25) is 10.3 Å². The van der Waals surface area contributed by atoms with Gasteiger partial charge in [-0.05, 0) is 43.5 Å². The van der Waals surface area contributed by atoms with Crippen molar-refractivity contribution in [2.24, 2.45) is 0 Å². The summed E-state index contributed by atoms with van der Waals surface area (Å²) in [6.07, 6.45) is 3.18. The first-order valence-electron chi connectivity index (χ1n) is 12.3. The lowest BCUT2D eigenvalue weighted by Crippen LogP contribution is -2.21. The molecule has 2 aromatic heterocycles. The molecule has 3 heterocycles. The normalized spacial score (nSPS) is 16.6. The highest BCUT2D eigenvalue weighted by molar-refractivity contribution is 6.32. The molecule has 1 saturated heterocycles. The van der Waals surface area contributed by atoms with E-state index < -0.39 is 0 Å². The molecule has 35 heavy (non-hydrogen) atoms. The summed E-state index contributed by atoms with van der Waals surface area (Å²) in [6, 6.07) is 17.1. The van der Waals surface area contributed by atoms with Crippen LogP contribution in [0.25, 0.3) is 33.6 Å². The molecule has 1 fully saturated rings. The van der Waals surface area contributed by atoms with Crippen molar-refractivity contribution in [3.63, 3.8) is 0 Å². The summed E-state index contributed by atoms with van der Waals surface area (Å²) in [5.41, 5.74) is 5.80. The van der Waals surface area contributed by atoms with Gasteiger partial charge in [0.1, 0.15) is 33.3 Å². The molecule has 2 atom stereocenters. The van der Waals surface area contributed by atoms with Crippen LogP contribution in [0.1, 0.15) is 56.8 Å². The van der Waals surface area contributed by atoms with Gasteiger partial charge in [-0.3, -0.25) is 0 Å². The first-order chi connectivity index (χ1) is 17.1. The van der Waals surface area contributed by atoms with Crippen molar-refractivity contribution >= 4 is 23.2 Å². The Morgan fingerprint density at radius 3 is 1.97 bits per heavy atom. The van der Waals surface area contributed by atoms with Gasteiger partial charge in [-0.25, -0.2) is 9.97 Å². The van der Waals surface area contributed by atoms with Crippen LogP contribution in [0, 0.1) is 0 Å². The average molecular weight is 509 g/mol. The number of rotatable bonds is 8. The second kappa shape index (κ2) is 10.5. The van der Waals surface area contributed by atoms with Gasteiger partial charge in [0.2, 0.25) is 0 Å². The highest BCUT2D eigenvalue weighted by atomic mass is 35.5. The third kappa shape index (κ3) is 5.02. The number of aromatic amines is 2. The molecule has 0 spiro atoms. The van der Waals surface area contributed by atoms with Crippen LogP contribution in [0.5, 0.6) is 0 Å². The van der Waals surface area contributed by atoms with Crippen molar-refractivity contribution in [2.75, 3.05) is 13.1 Å². The van der Waals surface area contributed by atoms with Crippen LogP contribution in [0.3, 0.4) is 0 Å². The van der Waals surface area contributed by atoms with Crippen LogP contribution in [0.15, 0.2) is 48.5 Å². The van der Waals surface area contributed by atoms with Crippen LogP contribution in [-0.2, 0) is 0 Å². The van der Waals surface area contributed by atoms with Crippen LogP contribution < -0.4 is 10.6 Å². The molecule has 1 aliphatic rings. The molecule has 4 N–H and O–H groups in total. The molecule has 182 valence electrons.